The first-order valence-corrected chi connectivity index (χ1v) is 5.49. The average Bonchev–Trinajstić information content (AvgIpc) is 2.66. The molecule has 0 aromatic carbocycles. The van der Waals surface area contributed by atoms with Crippen LogP contribution in [0.25, 0.3) is 0 Å². The van der Waals surface area contributed by atoms with Gasteiger partial charge in [-0.1, -0.05) is 0 Å². The molecule has 3 aliphatic rings. The van der Waals surface area contributed by atoms with Crippen molar-refractivity contribution in [2.45, 2.75) is 24.6 Å². The summed E-state index contributed by atoms with van der Waals surface area (Å²) >= 11 is 0. The molecule has 0 aromatic rings. The lowest BCUT2D eigenvalue weighted by atomic mass is 9.61. The number of rotatable bonds is 0. The van der Waals surface area contributed by atoms with Crippen LogP contribution in [0.1, 0.15) is 12.8 Å². The van der Waals surface area contributed by atoms with Crippen molar-refractivity contribution in [3.05, 3.63) is 0 Å². The molecule has 2 N–H and O–H groups in total. The summed E-state index contributed by atoms with van der Waals surface area (Å²) in [5, 5.41) is 10.5. The van der Waals surface area contributed by atoms with Crippen LogP contribution < -0.4 is 5.32 Å². The summed E-state index contributed by atoms with van der Waals surface area (Å²) in [6.07, 6.45) is -2.79. The van der Waals surface area contributed by atoms with Crippen molar-refractivity contribution >= 4 is 11.9 Å². The number of carbonyl (C=O) groups is 2. The molecule has 3 rings (SSSR count). The van der Waals surface area contributed by atoms with Crippen molar-refractivity contribution in [3.8, 4) is 0 Å². The van der Waals surface area contributed by atoms with Gasteiger partial charge in [0, 0.05) is 0 Å². The quantitative estimate of drug-likeness (QED) is 0.627. The van der Waals surface area contributed by atoms with Crippen LogP contribution in [0.3, 0.4) is 0 Å². The predicted molar refractivity (Wildman–Crippen MR) is 51.6 cm³/mol. The highest BCUT2D eigenvalue weighted by molar-refractivity contribution is 5.78. The maximum atomic E-state index is 11.1. The number of esters is 1. The monoisotopic (exact) mass is 267 g/mol. The number of nitrogens with one attached hydrogen (secondary N) is 1. The van der Waals surface area contributed by atoms with Gasteiger partial charge in [0.1, 0.15) is 6.61 Å². The number of hydrogen-bond acceptors (Lipinski definition) is 4. The van der Waals surface area contributed by atoms with Gasteiger partial charge in [-0.05, 0) is 25.3 Å². The van der Waals surface area contributed by atoms with E-state index in [1.54, 1.807) is 0 Å². The van der Waals surface area contributed by atoms with E-state index in [4.69, 9.17) is 14.6 Å². The van der Waals surface area contributed by atoms with Crippen molar-refractivity contribution < 1.29 is 32.6 Å². The van der Waals surface area contributed by atoms with Crippen molar-refractivity contribution in [2.24, 2.45) is 11.8 Å². The highest BCUT2D eigenvalue weighted by atomic mass is 19.4. The molecule has 2 aliphatic heterocycles. The van der Waals surface area contributed by atoms with Gasteiger partial charge < -0.3 is 15.2 Å². The summed E-state index contributed by atoms with van der Waals surface area (Å²) < 4.78 is 36.8. The van der Waals surface area contributed by atoms with Gasteiger partial charge in [-0.15, -0.1) is 0 Å². The molecule has 0 bridgehead atoms. The number of cyclic esters (lactones) is 1. The van der Waals surface area contributed by atoms with E-state index in [1.165, 1.54) is 6.42 Å². The standard InChI is InChI=1S/C8H11NO2.C2HF3O2/c10-7-6-3-5-1-2-9-8(5,6)4-11-7;3-2(4,5)1(6)7/h5-6,9H,1-4H2;(H,6,7)/t5-,6+,8-;/m1./s1. The third-order valence-electron chi connectivity index (χ3n) is 3.80. The summed E-state index contributed by atoms with van der Waals surface area (Å²) in [6, 6.07) is 0. The number of alkyl halides is 3. The lowest BCUT2D eigenvalue weighted by molar-refractivity contribution is -0.192. The van der Waals surface area contributed by atoms with Crippen molar-refractivity contribution in [2.75, 3.05) is 13.2 Å². The second-order valence-electron chi connectivity index (χ2n) is 4.65. The zero-order valence-electron chi connectivity index (χ0n) is 9.29. The van der Waals surface area contributed by atoms with E-state index < -0.39 is 12.1 Å². The first-order valence-electron chi connectivity index (χ1n) is 5.49. The van der Waals surface area contributed by atoms with Gasteiger partial charge in [-0.2, -0.15) is 13.2 Å². The zero-order chi connectivity index (χ0) is 13.6. The molecule has 3 atom stereocenters. The molecule has 1 spiro atoms. The minimum Gasteiger partial charge on any atom is -0.475 e. The molecule has 0 radical (unpaired) electrons. The third-order valence-corrected chi connectivity index (χ3v) is 3.80. The van der Waals surface area contributed by atoms with E-state index in [9.17, 15) is 18.0 Å². The van der Waals surface area contributed by atoms with Crippen molar-refractivity contribution in [1.82, 2.24) is 5.32 Å². The molecule has 1 aliphatic carbocycles. The minimum atomic E-state index is -5.08. The molecule has 2 saturated heterocycles. The molecule has 1 saturated carbocycles. The first-order chi connectivity index (χ1) is 8.27. The van der Waals surface area contributed by atoms with Gasteiger partial charge in [-0.3, -0.25) is 4.79 Å². The third kappa shape index (κ3) is 1.94. The Balaban J connectivity index is 0.000000152. The number of aliphatic carboxylic acids is 1. The Morgan fingerprint density at radius 2 is 2.11 bits per heavy atom. The molecule has 8 heteroatoms. The van der Waals surface area contributed by atoms with Crippen LogP contribution >= 0.6 is 0 Å². The molecule has 0 unspecified atom stereocenters. The number of carboxylic acids is 1. The van der Waals surface area contributed by atoms with E-state index in [1.807, 2.05) is 0 Å². The highest BCUT2D eigenvalue weighted by Crippen LogP contribution is 2.53. The summed E-state index contributed by atoms with van der Waals surface area (Å²) in [4.78, 5) is 20.0. The predicted octanol–water partition coefficient (Wildman–Crippen LogP) is 0.545. The Morgan fingerprint density at radius 3 is 2.56 bits per heavy atom. The Kier molecular flexibility index (Phi) is 3.00. The number of carbonyl (C=O) groups excluding carboxylic acids is 1. The van der Waals surface area contributed by atoms with E-state index in [0.29, 0.717) is 6.61 Å². The van der Waals surface area contributed by atoms with Crippen LogP contribution in [0.4, 0.5) is 13.2 Å². The summed E-state index contributed by atoms with van der Waals surface area (Å²) in [7, 11) is 0. The molecule has 0 amide bonds. The Bertz CT molecular complexity index is 384. The molecular weight excluding hydrogens is 255 g/mol. The smallest absolute Gasteiger partial charge is 0.475 e. The number of ether oxygens (including phenoxy) is 1. The van der Waals surface area contributed by atoms with Gasteiger partial charge in [0.15, 0.2) is 0 Å². The van der Waals surface area contributed by atoms with E-state index in [0.717, 1.165) is 18.9 Å². The molecular formula is C10H12F3NO4. The second kappa shape index (κ2) is 4.11. The van der Waals surface area contributed by atoms with Crippen LogP contribution in [-0.4, -0.2) is 41.9 Å². The van der Waals surface area contributed by atoms with Crippen molar-refractivity contribution in [3.63, 3.8) is 0 Å². The fourth-order valence-electron chi connectivity index (χ4n) is 2.82. The van der Waals surface area contributed by atoms with Gasteiger partial charge in [-0.25, -0.2) is 4.79 Å². The fourth-order valence-corrected chi connectivity index (χ4v) is 2.82. The number of halogens is 3. The van der Waals surface area contributed by atoms with Crippen molar-refractivity contribution in [1.29, 1.82) is 0 Å². The first kappa shape index (κ1) is 13.1. The largest absolute Gasteiger partial charge is 0.490 e. The lowest BCUT2D eigenvalue weighted by Crippen LogP contribution is -2.60. The summed E-state index contributed by atoms with van der Waals surface area (Å²) in [5.41, 5.74) is 0.0943. The molecule has 102 valence electrons. The number of carboxylic acid groups (broad SMARTS) is 1. The van der Waals surface area contributed by atoms with Gasteiger partial charge in [0.2, 0.25) is 0 Å². The minimum absolute atomic E-state index is 0.0238. The highest BCUT2D eigenvalue weighted by Gasteiger charge is 2.65. The van der Waals surface area contributed by atoms with Crippen LogP contribution in [-0.2, 0) is 14.3 Å². The van der Waals surface area contributed by atoms with E-state index >= 15 is 0 Å². The van der Waals surface area contributed by atoms with Crippen LogP contribution in [0, 0.1) is 11.8 Å². The molecule has 18 heavy (non-hydrogen) atoms. The van der Waals surface area contributed by atoms with Crippen LogP contribution in [0.15, 0.2) is 0 Å². The second-order valence-corrected chi connectivity index (χ2v) is 4.65. The average molecular weight is 267 g/mol. The van der Waals surface area contributed by atoms with E-state index in [2.05, 4.69) is 5.32 Å². The van der Waals surface area contributed by atoms with Gasteiger partial charge >= 0.3 is 18.1 Å². The molecule has 5 nitrogen and oxygen atoms in total. The molecule has 3 fully saturated rings. The van der Waals surface area contributed by atoms with E-state index in [-0.39, 0.29) is 17.4 Å². The Hall–Kier alpha value is -1.31. The van der Waals surface area contributed by atoms with Gasteiger partial charge in [0.25, 0.3) is 0 Å². The fraction of sp³-hybridized carbons (Fsp3) is 0.800. The normalized spacial score (nSPS) is 36.7. The number of hydrogen-bond donors (Lipinski definition) is 2. The molecule has 2 heterocycles. The topological polar surface area (TPSA) is 75.6 Å². The SMILES string of the molecule is O=C(O)C(F)(F)F.O=C1OC[C@@]23NCC[C@@H]2C[C@@H]13. The van der Waals surface area contributed by atoms with Crippen LogP contribution in [0.2, 0.25) is 0 Å². The van der Waals surface area contributed by atoms with Crippen LogP contribution in [0.5, 0.6) is 0 Å². The molecule has 0 aromatic heterocycles. The maximum absolute atomic E-state index is 11.1. The Labute approximate surface area is 100 Å². The summed E-state index contributed by atoms with van der Waals surface area (Å²) in [5.74, 6) is -1.82. The van der Waals surface area contributed by atoms with Gasteiger partial charge in [0.05, 0.1) is 11.5 Å². The zero-order valence-corrected chi connectivity index (χ0v) is 9.29. The Morgan fingerprint density at radius 1 is 1.50 bits per heavy atom. The maximum Gasteiger partial charge on any atom is 0.490 e. The summed E-state index contributed by atoms with van der Waals surface area (Å²) in [6.45, 7) is 1.69. The lowest BCUT2D eigenvalue weighted by Gasteiger charge is -2.44.